The first-order chi connectivity index (χ1) is 17.1. The Hall–Kier alpha value is -4.18. The molecule has 0 aliphatic heterocycles. The number of amides is 2. The zero-order valence-electron chi connectivity index (χ0n) is 18.5. The molecule has 0 saturated carbocycles. The fourth-order valence-electron chi connectivity index (χ4n) is 2.86. The predicted octanol–water partition coefficient (Wildman–Crippen LogP) is 4.70. The summed E-state index contributed by atoms with van der Waals surface area (Å²) in [5, 5.41) is 7.49. The Bertz CT molecular complexity index is 1250. The molecule has 1 N–H and O–H groups in total. The maximum atomic E-state index is 13.2. The number of esters is 1. The minimum absolute atomic E-state index is 0.172. The molecule has 0 radical (unpaired) electrons. The maximum Gasteiger partial charge on any atom is 0.416 e. The Kier molecular flexibility index (Phi) is 8.80. The van der Waals surface area contributed by atoms with E-state index in [-0.39, 0.29) is 11.3 Å². The van der Waals surface area contributed by atoms with Crippen LogP contribution in [0.3, 0.4) is 0 Å². The van der Waals surface area contributed by atoms with Crippen LogP contribution >= 0.6 is 11.6 Å². The molecule has 7 nitrogen and oxygen atoms in total. The minimum atomic E-state index is -4.64. The average molecular weight is 518 g/mol. The summed E-state index contributed by atoms with van der Waals surface area (Å²) in [6.07, 6.45) is -3.35. The zero-order chi connectivity index (χ0) is 26.1. The highest BCUT2D eigenvalue weighted by molar-refractivity contribution is 6.30. The lowest BCUT2D eigenvalue weighted by Gasteiger charge is -2.18. The van der Waals surface area contributed by atoms with Gasteiger partial charge in [0, 0.05) is 10.6 Å². The summed E-state index contributed by atoms with van der Waals surface area (Å²) in [6.45, 7) is -1.36. The zero-order valence-corrected chi connectivity index (χ0v) is 19.3. The summed E-state index contributed by atoms with van der Waals surface area (Å²) in [7, 11) is 0. The van der Waals surface area contributed by atoms with Crippen molar-refractivity contribution in [1.29, 1.82) is 0 Å². The number of carbonyl (C=O) groups is 3. The van der Waals surface area contributed by atoms with E-state index >= 15 is 0 Å². The molecule has 2 amide bonds. The smallest absolute Gasteiger partial charge is 0.416 e. The van der Waals surface area contributed by atoms with E-state index in [0.29, 0.717) is 15.6 Å². The first kappa shape index (κ1) is 26.4. The molecular weight excluding hydrogens is 499 g/mol. The lowest BCUT2D eigenvalue weighted by Crippen LogP contribution is -2.34. The number of nitrogens with zero attached hydrogens (tertiary/aromatic N) is 2. The Morgan fingerprint density at radius 1 is 0.972 bits per heavy atom. The Labute approximate surface area is 209 Å². The van der Waals surface area contributed by atoms with Crippen molar-refractivity contribution in [2.24, 2.45) is 5.10 Å². The number of benzene rings is 3. The van der Waals surface area contributed by atoms with Crippen molar-refractivity contribution in [3.63, 3.8) is 0 Å². The first-order valence-corrected chi connectivity index (χ1v) is 10.8. The predicted molar refractivity (Wildman–Crippen MR) is 128 cm³/mol. The second kappa shape index (κ2) is 12.0. The summed E-state index contributed by atoms with van der Waals surface area (Å²) >= 11 is 5.77. The van der Waals surface area contributed by atoms with Crippen molar-refractivity contribution < 1.29 is 32.3 Å². The molecule has 0 fully saturated rings. The van der Waals surface area contributed by atoms with Gasteiger partial charge in [0.25, 0.3) is 11.8 Å². The third-order valence-corrected chi connectivity index (χ3v) is 4.88. The van der Waals surface area contributed by atoms with Crippen LogP contribution in [0.25, 0.3) is 0 Å². The number of alkyl halides is 3. The maximum absolute atomic E-state index is 13.2. The van der Waals surface area contributed by atoms with E-state index in [0.717, 1.165) is 18.2 Å². The van der Waals surface area contributed by atoms with Crippen LogP contribution in [0.5, 0.6) is 0 Å². The fourth-order valence-corrected chi connectivity index (χ4v) is 2.99. The van der Waals surface area contributed by atoms with Crippen LogP contribution in [-0.2, 0) is 20.5 Å². The molecule has 3 aromatic rings. The number of ether oxygens (including phenoxy) is 1. The van der Waals surface area contributed by atoms with Gasteiger partial charge in [-0.05, 0) is 48.0 Å². The summed E-state index contributed by atoms with van der Waals surface area (Å²) in [6, 6.07) is 18.5. The summed E-state index contributed by atoms with van der Waals surface area (Å²) in [5.41, 5.74) is -0.304. The molecular formula is C25H19ClF3N3O4. The van der Waals surface area contributed by atoms with Gasteiger partial charge in [0.15, 0.2) is 6.61 Å². The van der Waals surface area contributed by atoms with E-state index in [2.05, 4.69) is 10.4 Å². The highest BCUT2D eigenvalue weighted by Gasteiger charge is 2.31. The van der Waals surface area contributed by atoms with Crippen LogP contribution < -0.4 is 10.3 Å². The Morgan fingerprint density at radius 2 is 1.67 bits per heavy atom. The van der Waals surface area contributed by atoms with Gasteiger partial charge in [0.05, 0.1) is 17.5 Å². The van der Waals surface area contributed by atoms with Gasteiger partial charge in [-0.15, -0.1) is 0 Å². The van der Waals surface area contributed by atoms with Crippen molar-refractivity contribution in [2.75, 3.05) is 18.2 Å². The van der Waals surface area contributed by atoms with E-state index in [1.807, 2.05) is 0 Å². The van der Waals surface area contributed by atoms with Gasteiger partial charge in [-0.25, -0.2) is 0 Å². The van der Waals surface area contributed by atoms with Crippen LogP contribution in [0.2, 0.25) is 5.02 Å². The lowest BCUT2D eigenvalue weighted by molar-refractivity contribution is -0.146. The van der Waals surface area contributed by atoms with Crippen molar-refractivity contribution in [2.45, 2.75) is 6.18 Å². The van der Waals surface area contributed by atoms with Gasteiger partial charge in [-0.2, -0.15) is 23.3 Å². The number of hydrazone groups is 1. The van der Waals surface area contributed by atoms with E-state index in [1.54, 1.807) is 30.3 Å². The van der Waals surface area contributed by atoms with E-state index in [4.69, 9.17) is 16.3 Å². The number of halogens is 4. The largest absolute Gasteiger partial charge is 0.454 e. The lowest BCUT2D eigenvalue weighted by atomic mass is 10.2. The second-order valence-corrected chi connectivity index (χ2v) is 7.70. The molecule has 3 rings (SSSR count). The number of anilines is 1. The first-order valence-electron chi connectivity index (χ1n) is 10.4. The average Bonchev–Trinajstić information content (AvgIpc) is 2.87. The third kappa shape index (κ3) is 7.67. The summed E-state index contributed by atoms with van der Waals surface area (Å²) < 4.78 is 44.4. The van der Waals surface area contributed by atoms with Gasteiger partial charge in [-0.3, -0.25) is 14.4 Å². The molecule has 186 valence electrons. The van der Waals surface area contributed by atoms with Crippen molar-refractivity contribution in [1.82, 2.24) is 5.32 Å². The molecule has 0 bridgehead atoms. The SMILES string of the molecule is O=C(CNC(=O)c1ccc(Cl)cc1)OCC(=O)N(/N=C/c1ccccc1)c1cccc(C(F)(F)F)c1. The second-order valence-electron chi connectivity index (χ2n) is 7.26. The van der Waals surface area contributed by atoms with Crippen molar-refractivity contribution >= 4 is 41.3 Å². The standard InChI is InChI=1S/C25H19ClF3N3O4/c26-20-11-9-18(10-12-20)24(35)30-15-23(34)36-16-22(33)32(31-14-17-5-2-1-3-6-17)21-8-4-7-19(13-21)25(27,28)29/h1-14H,15-16H2,(H,30,35)/b31-14+. The van der Waals surface area contributed by atoms with Gasteiger partial charge in [-0.1, -0.05) is 48.0 Å². The van der Waals surface area contributed by atoms with Gasteiger partial charge in [0.2, 0.25) is 0 Å². The minimum Gasteiger partial charge on any atom is -0.454 e. The van der Waals surface area contributed by atoms with Crippen molar-refractivity contribution in [3.05, 3.63) is 101 Å². The van der Waals surface area contributed by atoms with Gasteiger partial charge < -0.3 is 10.1 Å². The van der Waals surface area contributed by atoms with Gasteiger partial charge in [0.1, 0.15) is 6.54 Å². The quantitative estimate of drug-likeness (QED) is 0.266. The highest BCUT2D eigenvalue weighted by Crippen LogP contribution is 2.31. The van der Waals surface area contributed by atoms with Crippen molar-refractivity contribution in [3.8, 4) is 0 Å². The molecule has 0 unspecified atom stereocenters. The molecule has 0 aliphatic rings. The van der Waals surface area contributed by atoms with Crippen LogP contribution in [0.1, 0.15) is 21.5 Å². The number of rotatable bonds is 8. The summed E-state index contributed by atoms with van der Waals surface area (Å²) in [4.78, 5) is 36.9. The van der Waals surface area contributed by atoms with Crippen LogP contribution in [-0.4, -0.2) is 37.1 Å². The molecule has 11 heteroatoms. The summed E-state index contributed by atoms with van der Waals surface area (Å²) in [5.74, 6) is -2.39. The molecule has 3 aromatic carbocycles. The van der Waals surface area contributed by atoms with E-state index in [9.17, 15) is 27.6 Å². The molecule has 0 aliphatic carbocycles. The number of hydrogen-bond donors (Lipinski definition) is 1. The van der Waals surface area contributed by atoms with E-state index < -0.39 is 42.7 Å². The van der Waals surface area contributed by atoms with Gasteiger partial charge >= 0.3 is 12.1 Å². The molecule has 0 spiro atoms. The normalized spacial score (nSPS) is 11.2. The Morgan fingerprint density at radius 3 is 2.33 bits per heavy atom. The Balaban J connectivity index is 1.68. The fraction of sp³-hybridized carbons (Fsp3) is 0.120. The molecule has 0 atom stereocenters. The van der Waals surface area contributed by atoms with E-state index in [1.165, 1.54) is 36.5 Å². The number of nitrogens with one attached hydrogen (secondary N) is 1. The molecule has 0 heterocycles. The topological polar surface area (TPSA) is 88.1 Å². The number of carbonyl (C=O) groups excluding carboxylic acids is 3. The van der Waals surface area contributed by atoms with Crippen LogP contribution in [0.15, 0.2) is 84.0 Å². The highest BCUT2D eigenvalue weighted by atomic mass is 35.5. The van der Waals surface area contributed by atoms with Crippen LogP contribution in [0, 0.1) is 0 Å². The molecule has 0 aromatic heterocycles. The third-order valence-electron chi connectivity index (χ3n) is 4.63. The monoisotopic (exact) mass is 517 g/mol. The molecule has 0 saturated heterocycles. The van der Waals surface area contributed by atoms with Crippen LogP contribution in [0.4, 0.5) is 18.9 Å². The number of hydrogen-bond acceptors (Lipinski definition) is 5. The molecule has 36 heavy (non-hydrogen) atoms.